The summed E-state index contributed by atoms with van der Waals surface area (Å²) in [5.74, 6) is 1.17. The van der Waals surface area contributed by atoms with Crippen molar-refractivity contribution in [1.29, 1.82) is 0 Å². The molecule has 0 spiro atoms. The van der Waals surface area contributed by atoms with Crippen LogP contribution in [0.25, 0.3) is 22.3 Å². The quantitative estimate of drug-likeness (QED) is 0.464. The molecule has 0 amide bonds. The maximum Gasteiger partial charge on any atom is 0.230 e. The fourth-order valence-electron chi connectivity index (χ4n) is 2.58. The van der Waals surface area contributed by atoms with Gasteiger partial charge in [0.2, 0.25) is 5.88 Å². The molecule has 1 aromatic heterocycles. The fraction of sp³-hybridized carbons (Fsp3) is 0. The molecule has 128 valence electrons. The van der Waals surface area contributed by atoms with Crippen LogP contribution in [0.4, 0.5) is 0 Å². The number of aromatic nitrogens is 2. The maximum absolute atomic E-state index is 10.1. The second-order valence-corrected chi connectivity index (χ2v) is 6.33. The van der Waals surface area contributed by atoms with Crippen molar-refractivity contribution < 1.29 is 9.84 Å². The molecule has 4 rings (SSSR count). The standard InChI is InChI=1S/C20H12Cl2N2O2/c21-14-8-5-11-17(18(14)22)26-20-12-6-1-3-9-15(12)23-19(24-20)13-7-2-4-10-16(13)25/h1-11,25H. The van der Waals surface area contributed by atoms with Gasteiger partial charge in [0.25, 0.3) is 0 Å². The Balaban J connectivity index is 1.90. The lowest BCUT2D eigenvalue weighted by Crippen LogP contribution is -1.96. The second kappa shape index (κ2) is 6.83. The molecule has 1 N–H and O–H groups in total. The van der Waals surface area contributed by atoms with E-state index in [2.05, 4.69) is 9.97 Å². The zero-order chi connectivity index (χ0) is 18.1. The Morgan fingerprint density at radius 2 is 1.58 bits per heavy atom. The number of nitrogens with zero attached hydrogens (tertiary/aromatic N) is 2. The molecule has 0 bridgehead atoms. The molecule has 0 aliphatic carbocycles. The van der Waals surface area contributed by atoms with Crippen LogP contribution in [0.3, 0.4) is 0 Å². The van der Waals surface area contributed by atoms with Crippen LogP contribution in [0, 0.1) is 0 Å². The van der Waals surface area contributed by atoms with Crippen LogP contribution in [-0.2, 0) is 0 Å². The van der Waals surface area contributed by atoms with Gasteiger partial charge in [0, 0.05) is 0 Å². The van der Waals surface area contributed by atoms with E-state index in [0.717, 1.165) is 5.39 Å². The third-order valence-corrected chi connectivity index (χ3v) is 4.64. The summed E-state index contributed by atoms with van der Waals surface area (Å²) >= 11 is 12.3. The number of phenols is 1. The van der Waals surface area contributed by atoms with Crippen molar-refractivity contribution >= 4 is 34.1 Å². The number of hydrogen-bond donors (Lipinski definition) is 1. The number of fused-ring (bicyclic) bond motifs is 1. The highest BCUT2D eigenvalue weighted by Gasteiger charge is 2.15. The van der Waals surface area contributed by atoms with E-state index in [1.54, 1.807) is 36.4 Å². The van der Waals surface area contributed by atoms with Crippen molar-refractivity contribution in [2.45, 2.75) is 0 Å². The van der Waals surface area contributed by atoms with E-state index in [0.29, 0.717) is 38.6 Å². The number of benzene rings is 3. The number of ether oxygens (including phenoxy) is 1. The summed E-state index contributed by atoms with van der Waals surface area (Å²) in [7, 11) is 0. The molecule has 0 fully saturated rings. The Kier molecular flexibility index (Phi) is 4.37. The molecule has 4 aromatic rings. The summed E-state index contributed by atoms with van der Waals surface area (Å²) in [6, 6.07) is 19.5. The number of halogens is 2. The average Bonchev–Trinajstić information content (AvgIpc) is 2.66. The van der Waals surface area contributed by atoms with E-state index in [1.807, 2.05) is 30.3 Å². The summed E-state index contributed by atoms with van der Waals surface area (Å²) in [4.78, 5) is 9.04. The summed E-state index contributed by atoms with van der Waals surface area (Å²) in [6.07, 6.45) is 0. The van der Waals surface area contributed by atoms with Gasteiger partial charge in [-0.3, -0.25) is 0 Å². The van der Waals surface area contributed by atoms with E-state index >= 15 is 0 Å². The van der Waals surface area contributed by atoms with Gasteiger partial charge in [-0.2, -0.15) is 4.98 Å². The van der Waals surface area contributed by atoms with E-state index in [9.17, 15) is 5.11 Å². The first-order valence-electron chi connectivity index (χ1n) is 7.80. The number of aromatic hydroxyl groups is 1. The van der Waals surface area contributed by atoms with Gasteiger partial charge in [0.1, 0.15) is 16.5 Å². The Labute approximate surface area is 159 Å². The van der Waals surface area contributed by atoms with E-state index in [1.165, 1.54) is 0 Å². The van der Waals surface area contributed by atoms with Gasteiger partial charge in [0.05, 0.1) is 21.5 Å². The van der Waals surface area contributed by atoms with Crippen molar-refractivity contribution in [2.75, 3.05) is 0 Å². The predicted molar refractivity (Wildman–Crippen MR) is 103 cm³/mol. The van der Waals surface area contributed by atoms with Crippen molar-refractivity contribution in [1.82, 2.24) is 9.97 Å². The summed E-state index contributed by atoms with van der Waals surface area (Å²) < 4.78 is 5.96. The van der Waals surface area contributed by atoms with Crippen molar-refractivity contribution in [3.63, 3.8) is 0 Å². The molecule has 3 aromatic carbocycles. The van der Waals surface area contributed by atoms with Gasteiger partial charge in [-0.25, -0.2) is 4.98 Å². The monoisotopic (exact) mass is 382 g/mol. The van der Waals surface area contributed by atoms with Gasteiger partial charge in [-0.15, -0.1) is 0 Å². The number of para-hydroxylation sites is 2. The normalized spacial score (nSPS) is 10.8. The lowest BCUT2D eigenvalue weighted by Gasteiger charge is -2.12. The first kappa shape index (κ1) is 16.6. The summed E-state index contributed by atoms with van der Waals surface area (Å²) in [6.45, 7) is 0. The molecule has 0 atom stereocenters. The van der Waals surface area contributed by atoms with Crippen molar-refractivity contribution in [2.24, 2.45) is 0 Å². The van der Waals surface area contributed by atoms with Crippen molar-refractivity contribution in [3.05, 3.63) is 76.8 Å². The van der Waals surface area contributed by atoms with E-state index < -0.39 is 0 Å². The molecule has 4 nitrogen and oxygen atoms in total. The van der Waals surface area contributed by atoms with E-state index in [-0.39, 0.29) is 5.75 Å². The molecule has 0 saturated heterocycles. The largest absolute Gasteiger partial charge is 0.507 e. The molecular formula is C20H12Cl2N2O2. The highest BCUT2D eigenvalue weighted by Crippen LogP contribution is 2.37. The van der Waals surface area contributed by atoms with Crippen LogP contribution in [-0.4, -0.2) is 15.1 Å². The Bertz CT molecular complexity index is 1120. The molecule has 26 heavy (non-hydrogen) atoms. The lowest BCUT2D eigenvalue weighted by molar-refractivity contribution is 0.467. The minimum absolute atomic E-state index is 0.0921. The molecule has 1 heterocycles. The van der Waals surface area contributed by atoms with Crippen LogP contribution >= 0.6 is 23.2 Å². The van der Waals surface area contributed by atoms with Crippen LogP contribution < -0.4 is 4.74 Å². The predicted octanol–water partition coefficient (Wildman–Crippen LogP) is 6.10. The number of rotatable bonds is 3. The number of phenolic OH excluding ortho intramolecular Hbond substituents is 1. The van der Waals surface area contributed by atoms with Gasteiger partial charge >= 0.3 is 0 Å². The molecule has 0 saturated carbocycles. The zero-order valence-corrected chi connectivity index (χ0v) is 14.9. The Hall–Kier alpha value is -2.82. The third-order valence-electron chi connectivity index (χ3n) is 3.84. The van der Waals surface area contributed by atoms with Crippen molar-refractivity contribution in [3.8, 4) is 28.8 Å². The Morgan fingerprint density at radius 3 is 2.42 bits per heavy atom. The molecule has 0 aliphatic rings. The molecular weight excluding hydrogens is 371 g/mol. The van der Waals surface area contributed by atoms with Gasteiger partial charge in [-0.05, 0) is 36.4 Å². The SMILES string of the molecule is Oc1ccccc1-c1nc(Oc2cccc(Cl)c2Cl)c2ccccc2n1. The third kappa shape index (κ3) is 3.05. The smallest absolute Gasteiger partial charge is 0.230 e. The van der Waals surface area contributed by atoms with Gasteiger partial charge in [-0.1, -0.05) is 53.5 Å². The first-order chi connectivity index (χ1) is 12.6. The highest BCUT2D eigenvalue weighted by atomic mass is 35.5. The molecule has 0 unspecified atom stereocenters. The number of hydrogen-bond acceptors (Lipinski definition) is 4. The van der Waals surface area contributed by atoms with Crippen LogP contribution in [0.1, 0.15) is 0 Å². The second-order valence-electron chi connectivity index (χ2n) is 5.54. The van der Waals surface area contributed by atoms with Gasteiger partial charge in [0.15, 0.2) is 5.82 Å². The molecule has 0 radical (unpaired) electrons. The minimum atomic E-state index is 0.0921. The van der Waals surface area contributed by atoms with Crippen LogP contribution in [0.15, 0.2) is 66.7 Å². The first-order valence-corrected chi connectivity index (χ1v) is 8.56. The fourth-order valence-corrected chi connectivity index (χ4v) is 2.91. The Morgan fingerprint density at radius 1 is 0.808 bits per heavy atom. The maximum atomic E-state index is 10.1. The highest BCUT2D eigenvalue weighted by molar-refractivity contribution is 6.42. The summed E-state index contributed by atoms with van der Waals surface area (Å²) in [5.41, 5.74) is 1.20. The molecule has 6 heteroatoms. The van der Waals surface area contributed by atoms with Gasteiger partial charge < -0.3 is 9.84 Å². The van der Waals surface area contributed by atoms with Crippen LogP contribution in [0.2, 0.25) is 10.0 Å². The topological polar surface area (TPSA) is 55.2 Å². The zero-order valence-electron chi connectivity index (χ0n) is 13.4. The average molecular weight is 383 g/mol. The summed E-state index contributed by atoms with van der Waals surface area (Å²) in [5, 5.41) is 11.6. The van der Waals surface area contributed by atoms with Crippen LogP contribution in [0.5, 0.6) is 17.4 Å². The van der Waals surface area contributed by atoms with E-state index in [4.69, 9.17) is 27.9 Å². The minimum Gasteiger partial charge on any atom is -0.507 e. The molecule has 0 aliphatic heterocycles. The lowest BCUT2D eigenvalue weighted by atomic mass is 10.1.